The Morgan fingerprint density at radius 3 is 0.815 bits per heavy atom. The summed E-state index contributed by atoms with van der Waals surface area (Å²) in [5, 5.41) is 34.5. The predicted octanol–water partition coefficient (Wildman–Crippen LogP) is 13.5. The van der Waals surface area contributed by atoms with Crippen molar-refractivity contribution in [2.75, 3.05) is 19.8 Å². The Kier molecular flexibility index (Phi) is 23.3. The number of hydrogen-bond donors (Lipinski definition) is 3. The Morgan fingerprint density at radius 1 is 0.395 bits per heavy atom. The van der Waals surface area contributed by atoms with E-state index in [-0.39, 0.29) is 53.8 Å². The predicted molar refractivity (Wildman–Crippen MR) is 293 cm³/mol. The first-order valence-corrected chi connectivity index (χ1v) is 27.9. The average molecular weight is 1260 g/mol. The first-order chi connectivity index (χ1) is 38.5. The molecule has 12 nitrogen and oxygen atoms in total. The van der Waals surface area contributed by atoms with E-state index in [1.54, 1.807) is 72.0 Å². The van der Waals surface area contributed by atoms with Crippen molar-refractivity contribution in [3.05, 3.63) is 155 Å². The Bertz CT molecular complexity index is 2700. The minimum atomic E-state index is -2.95. The van der Waals surface area contributed by atoms with Crippen LogP contribution in [0.2, 0.25) is 30.1 Å². The highest BCUT2D eigenvalue weighted by atomic mass is 35.5. The van der Waals surface area contributed by atoms with Crippen molar-refractivity contribution in [1.29, 1.82) is 0 Å². The maximum absolute atomic E-state index is 12.6. The fourth-order valence-corrected chi connectivity index (χ4v) is 10.2. The Labute approximate surface area is 495 Å². The van der Waals surface area contributed by atoms with Gasteiger partial charge in [0.1, 0.15) is 51.3 Å². The molecule has 6 aromatic rings. The van der Waals surface area contributed by atoms with E-state index in [4.69, 9.17) is 83.8 Å². The second kappa shape index (κ2) is 29.6. The first-order valence-electron chi connectivity index (χ1n) is 25.7. The van der Waals surface area contributed by atoms with Gasteiger partial charge < -0.3 is 43.7 Å². The summed E-state index contributed by atoms with van der Waals surface area (Å²) >= 11 is 37.4. The molecule has 3 aromatic heterocycles. The molecule has 0 saturated heterocycles. The van der Waals surface area contributed by atoms with Crippen LogP contribution in [-0.2, 0) is 40.4 Å². The van der Waals surface area contributed by atoms with E-state index in [1.165, 1.54) is 54.6 Å². The van der Waals surface area contributed by atoms with Crippen LogP contribution in [0.15, 0.2) is 91.8 Å². The SMILES string of the molecule is C[n+]1cc(Cl)c(CC(O)c2ccc(OC(F)F)c(OCC3CC3)c2)c(Cl)c1.C[n+]1cc(Cl)c(C[C@@H](O)c2ccc(OC(F)F)c(OCC3CC3)c2)c(Cl)c1.C[n+]1cc(Cl)c(C[C@H](O)c2ccc(OC(F)F)c(OCC3CC3)c2)c(Cl)c1. The van der Waals surface area contributed by atoms with Gasteiger partial charge in [0.05, 0.1) is 38.1 Å². The molecule has 3 heterocycles. The van der Waals surface area contributed by atoms with E-state index in [1.807, 2.05) is 0 Å². The van der Waals surface area contributed by atoms with E-state index in [9.17, 15) is 41.7 Å². The first kappa shape index (κ1) is 63.7. The molecule has 24 heteroatoms. The van der Waals surface area contributed by atoms with Gasteiger partial charge in [-0.25, -0.2) is 13.7 Å². The average Bonchev–Trinajstić information content (AvgIpc) is 4.24. The summed E-state index contributed by atoms with van der Waals surface area (Å²) in [4.78, 5) is 0. The van der Waals surface area contributed by atoms with Crippen LogP contribution in [0.5, 0.6) is 34.5 Å². The molecule has 0 aliphatic heterocycles. The summed E-state index contributed by atoms with van der Waals surface area (Å²) in [7, 11) is 5.38. The molecule has 0 bridgehead atoms. The fraction of sp³-hybridized carbons (Fsp3) is 0.421. The molecule has 438 valence electrons. The molecule has 3 aliphatic carbocycles. The Hall–Kier alpha value is -4.89. The lowest BCUT2D eigenvalue weighted by molar-refractivity contribution is -0.671. The van der Waals surface area contributed by atoms with Crippen molar-refractivity contribution in [2.24, 2.45) is 38.9 Å². The van der Waals surface area contributed by atoms with Gasteiger partial charge in [0.15, 0.2) is 71.7 Å². The van der Waals surface area contributed by atoms with Crippen molar-refractivity contribution >= 4 is 69.6 Å². The maximum Gasteiger partial charge on any atom is 0.387 e. The molecule has 3 atom stereocenters. The topological polar surface area (TPSA) is 128 Å². The second-order valence-corrected chi connectivity index (χ2v) is 22.4. The monoisotopic (exact) mass is 1250 g/mol. The molecule has 3 saturated carbocycles. The summed E-state index contributed by atoms with van der Waals surface area (Å²) < 4.78 is 111. The maximum atomic E-state index is 12.6. The highest BCUT2D eigenvalue weighted by molar-refractivity contribution is 6.36. The lowest BCUT2D eigenvalue weighted by Gasteiger charge is -2.17. The third-order valence-electron chi connectivity index (χ3n) is 13.0. The summed E-state index contributed by atoms with van der Waals surface area (Å²) in [6.07, 6.45) is 14.3. The number of pyridine rings is 3. The Balaban J connectivity index is 0.000000175. The lowest BCUT2D eigenvalue weighted by atomic mass is 10.0. The van der Waals surface area contributed by atoms with Crippen LogP contribution in [0.25, 0.3) is 0 Å². The number of alkyl halides is 6. The van der Waals surface area contributed by atoms with Gasteiger partial charge in [0.2, 0.25) is 0 Å². The van der Waals surface area contributed by atoms with E-state index in [2.05, 4.69) is 14.2 Å². The van der Waals surface area contributed by atoms with E-state index >= 15 is 0 Å². The molecule has 0 amide bonds. The molecule has 3 N–H and O–H groups in total. The second-order valence-electron chi connectivity index (χ2n) is 20.0. The molecular formula is C57H60Cl6F6N3O9+3. The number of benzene rings is 3. The van der Waals surface area contributed by atoms with Gasteiger partial charge in [-0.1, -0.05) is 87.8 Å². The number of aliphatic hydroxyl groups is 3. The van der Waals surface area contributed by atoms with Crippen molar-refractivity contribution < 1.29 is 83.8 Å². The van der Waals surface area contributed by atoms with Crippen LogP contribution >= 0.6 is 69.6 Å². The van der Waals surface area contributed by atoms with E-state index in [0.717, 1.165) is 38.5 Å². The molecule has 0 radical (unpaired) electrons. The third kappa shape index (κ3) is 19.9. The van der Waals surface area contributed by atoms with Crippen molar-refractivity contribution in [2.45, 2.75) is 95.9 Å². The normalized spacial score (nSPS) is 15.1. The van der Waals surface area contributed by atoms with Gasteiger partial charge >= 0.3 is 19.8 Å². The molecule has 0 spiro atoms. The Morgan fingerprint density at radius 2 is 0.617 bits per heavy atom. The number of aryl methyl sites for hydroxylation is 3. The smallest absolute Gasteiger partial charge is 0.387 e. The van der Waals surface area contributed by atoms with Gasteiger partial charge in [-0.15, -0.1) is 0 Å². The zero-order valence-electron chi connectivity index (χ0n) is 44.0. The largest absolute Gasteiger partial charge is 0.489 e. The zero-order chi connectivity index (χ0) is 58.7. The van der Waals surface area contributed by atoms with Gasteiger partial charge in [0, 0.05) is 36.0 Å². The number of aliphatic hydroxyl groups excluding tert-OH is 3. The van der Waals surface area contributed by atoms with Crippen LogP contribution in [0.3, 0.4) is 0 Å². The molecule has 1 unspecified atom stereocenters. The zero-order valence-corrected chi connectivity index (χ0v) is 48.5. The van der Waals surface area contributed by atoms with E-state index < -0.39 is 38.1 Å². The molecule has 3 aromatic carbocycles. The number of nitrogens with zero attached hydrogens (tertiary/aromatic N) is 3. The van der Waals surface area contributed by atoms with Crippen LogP contribution in [-0.4, -0.2) is 55.0 Å². The third-order valence-corrected chi connectivity index (χ3v) is 15.0. The van der Waals surface area contributed by atoms with Crippen molar-refractivity contribution in [3.8, 4) is 34.5 Å². The minimum Gasteiger partial charge on any atom is -0.489 e. The standard InChI is InChI=1S/3C19H20Cl2F2NO3/c3*1-24-8-14(20)13(15(21)9-24)7-16(25)12-4-5-17(27-19(22)23)18(6-12)26-10-11-2-3-11/h3*4-6,8-9,11,16,19,25H,2-3,7,10H2,1H3/q3*+1/t2*16-;/m10./s1. The molecule has 81 heavy (non-hydrogen) atoms. The highest BCUT2D eigenvalue weighted by Crippen LogP contribution is 2.40. The fourth-order valence-electron chi connectivity index (χ4n) is 8.10. The number of rotatable bonds is 24. The molecule has 9 rings (SSSR count). The highest BCUT2D eigenvalue weighted by Gasteiger charge is 2.28. The van der Waals surface area contributed by atoms with Gasteiger partial charge in [-0.2, -0.15) is 26.3 Å². The van der Waals surface area contributed by atoms with Crippen molar-refractivity contribution in [3.63, 3.8) is 0 Å². The number of ether oxygens (including phenoxy) is 6. The summed E-state index contributed by atoms with van der Waals surface area (Å²) in [5.74, 6) is 1.75. The minimum absolute atomic E-state index is 0.0515. The lowest BCUT2D eigenvalue weighted by Crippen LogP contribution is -2.27. The van der Waals surface area contributed by atoms with Crippen LogP contribution < -0.4 is 42.1 Å². The van der Waals surface area contributed by atoms with E-state index in [0.29, 0.717) is 101 Å². The van der Waals surface area contributed by atoms with Crippen LogP contribution in [0.4, 0.5) is 26.3 Å². The number of halogens is 12. The molecule has 3 aliphatic rings. The van der Waals surface area contributed by atoms with Crippen LogP contribution in [0, 0.1) is 17.8 Å². The summed E-state index contributed by atoms with van der Waals surface area (Å²) in [5.41, 5.74) is 3.33. The van der Waals surface area contributed by atoms with Gasteiger partial charge in [0.25, 0.3) is 0 Å². The van der Waals surface area contributed by atoms with Crippen LogP contribution in [0.1, 0.15) is 90.2 Å². The summed E-state index contributed by atoms with van der Waals surface area (Å²) in [6, 6.07) is 13.3. The summed E-state index contributed by atoms with van der Waals surface area (Å²) in [6.45, 7) is -7.55. The van der Waals surface area contributed by atoms with Crippen molar-refractivity contribution in [1.82, 2.24) is 0 Å². The van der Waals surface area contributed by atoms with Gasteiger partial charge in [-0.05, 0) is 109 Å². The van der Waals surface area contributed by atoms with Gasteiger partial charge in [-0.3, -0.25) is 0 Å². The number of aromatic nitrogens is 3. The molecular weight excluding hydrogens is 1200 g/mol. The molecule has 3 fully saturated rings. The number of hydrogen-bond acceptors (Lipinski definition) is 9. The quantitative estimate of drug-likeness (QED) is 0.0401.